The lowest BCUT2D eigenvalue weighted by Gasteiger charge is -2.32. The lowest BCUT2D eigenvalue weighted by atomic mass is 10.1. The van der Waals surface area contributed by atoms with Crippen LogP contribution in [0.4, 0.5) is 5.82 Å². The van der Waals surface area contributed by atoms with Gasteiger partial charge in [0.15, 0.2) is 0 Å². The second-order valence-electron chi connectivity index (χ2n) is 5.28. The van der Waals surface area contributed by atoms with E-state index in [-0.39, 0.29) is 0 Å². The van der Waals surface area contributed by atoms with Crippen LogP contribution < -0.4 is 10.2 Å². The smallest absolute Gasteiger partial charge is 0.147 e. The van der Waals surface area contributed by atoms with E-state index >= 15 is 0 Å². The lowest BCUT2D eigenvalue weighted by Crippen LogP contribution is -2.37. The van der Waals surface area contributed by atoms with Crippen molar-refractivity contribution < 1.29 is 4.74 Å². The van der Waals surface area contributed by atoms with E-state index in [0.29, 0.717) is 6.04 Å². The largest absolute Gasteiger partial charge is 0.381 e. The van der Waals surface area contributed by atoms with Crippen LogP contribution in [0.5, 0.6) is 0 Å². The Bertz CT molecular complexity index is 422. The highest BCUT2D eigenvalue weighted by Gasteiger charge is 2.21. The van der Waals surface area contributed by atoms with Gasteiger partial charge in [-0.15, -0.1) is 0 Å². The van der Waals surface area contributed by atoms with Crippen molar-refractivity contribution in [2.45, 2.75) is 38.8 Å². The number of hydrogen-bond acceptors (Lipinski definition) is 4. The molecule has 20 heavy (non-hydrogen) atoms. The van der Waals surface area contributed by atoms with E-state index in [9.17, 15) is 0 Å². The summed E-state index contributed by atoms with van der Waals surface area (Å²) in [7, 11) is 2.07. The average molecular weight is 298 g/mol. The molecule has 1 aliphatic rings. The van der Waals surface area contributed by atoms with Crippen molar-refractivity contribution in [2.75, 3.05) is 31.7 Å². The number of nitrogens with one attached hydrogen (secondary N) is 1. The van der Waals surface area contributed by atoms with Crippen molar-refractivity contribution in [3.8, 4) is 0 Å². The third-order valence-corrected chi connectivity index (χ3v) is 3.99. The number of nitrogens with zero attached hydrogens (tertiary/aromatic N) is 2. The van der Waals surface area contributed by atoms with Crippen molar-refractivity contribution in [3.63, 3.8) is 0 Å². The predicted octanol–water partition coefficient (Wildman–Crippen LogP) is 2.85. The lowest BCUT2D eigenvalue weighted by molar-refractivity contribution is 0.0853. The maximum atomic E-state index is 6.39. The summed E-state index contributed by atoms with van der Waals surface area (Å²) in [6, 6.07) is 2.49. The quantitative estimate of drug-likeness (QED) is 0.819. The van der Waals surface area contributed by atoms with Gasteiger partial charge < -0.3 is 15.0 Å². The molecule has 0 amide bonds. The molecule has 0 atom stereocenters. The zero-order chi connectivity index (χ0) is 14.4. The minimum Gasteiger partial charge on any atom is -0.381 e. The van der Waals surface area contributed by atoms with Gasteiger partial charge in [-0.05, 0) is 37.4 Å². The maximum Gasteiger partial charge on any atom is 0.147 e. The zero-order valence-electron chi connectivity index (χ0n) is 12.4. The van der Waals surface area contributed by atoms with Crippen molar-refractivity contribution in [1.82, 2.24) is 10.3 Å². The monoisotopic (exact) mass is 297 g/mol. The SMILES string of the molecule is CCCNCc1cnc(N(C)C2CCOCC2)c(Cl)c1. The zero-order valence-corrected chi connectivity index (χ0v) is 13.1. The van der Waals surface area contributed by atoms with Crippen molar-refractivity contribution in [2.24, 2.45) is 0 Å². The molecule has 1 aliphatic heterocycles. The van der Waals surface area contributed by atoms with E-state index in [1.807, 2.05) is 12.3 Å². The molecule has 112 valence electrons. The first-order chi connectivity index (χ1) is 9.72. The number of anilines is 1. The van der Waals surface area contributed by atoms with Crippen LogP contribution in [0, 0.1) is 0 Å². The average Bonchev–Trinajstić information content (AvgIpc) is 2.48. The van der Waals surface area contributed by atoms with Gasteiger partial charge in [-0.3, -0.25) is 0 Å². The number of aromatic nitrogens is 1. The molecular formula is C15H24ClN3O. The van der Waals surface area contributed by atoms with Crippen molar-refractivity contribution >= 4 is 17.4 Å². The maximum absolute atomic E-state index is 6.39. The van der Waals surface area contributed by atoms with Crippen LogP contribution in [-0.4, -0.2) is 37.8 Å². The standard InChI is InChI=1S/C15H24ClN3O/c1-3-6-17-10-12-9-14(16)15(18-11-12)19(2)13-4-7-20-8-5-13/h9,11,13,17H,3-8,10H2,1-2H3. The minimum absolute atomic E-state index is 0.470. The van der Waals surface area contributed by atoms with Crippen molar-refractivity contribution in [3.05, 3.63) is 22.8 Å². The number of hydrogen-bond donors (Lipinski definition) is 1. The van der Waals surface area contributed by atoms with E-state index in [2.05, 4.69) is 29.2 Å². The second kappa shape index (κ2) is 7.81. The Hall–Kier alpha value is -0.840. The van der Waals surface area contributed by atoms with Gasteiger partial charge in [0.2, 0.25) is 0 Å². The Morgan fingerprint density at radius 2 is 2.20 bits per heavy atom. The summed E-state index contributed by atoms with van der Waals surface area (Å²) in [6.45, 7) is 5.64. The fourth-order valence-electron chi connectivity index (χ4n) is 2.48. The molecule has 2 heterocycles. The number of ether oxygens (including phenoxy) is 1. The number of rotatable bonds is 6. The fourth-order valence-corrected chi connectivity index (χ4v) is 2.80. The molecule has 0 radical (unpaired) electrons. The van der Waals surface area contributed by atoms with E-state index in [1.54, 1.807) is 0 Å². The highest BCUT2D eigenvalue weighted by molar-refractivity contribution is 6.33. The summed E-state index contributed by atoms with van der Waals surface area (Å²) in [5, 5.41) is 4.09. The molecule has 1 aromatic rings. The fraction of sp³-hybridized carbons (Fsp3) is 0.667. The Balaban J connectivity index is 2.00. The Labute approximate surface area is 126 Å². The molecule has 1 N–H and O–H groups in total. The third kappa shape index (κ3) is 4.08. The number of halogens is 1. The van der Waals surface area contributed by atoms with Crippen LogP contribution >= 0.6 is 11.6 Å². The summed E-state index contributed by atoms with van der Waals surface area (Å²) in [4.78, 5) is 6.73. The Morgan fingerprint density at radius 3 is 2.85 bits per heavy atom. The van der Waals surface area contributed by atoms with Crippen LogP contribution in [-0.2, 0) is 11.3 Å². The summed E-state index contributed by atoms with van der Waals surface area (Å²) in [5.41, 5.74) is 1.13. The van der Waals surface area contributed by atoms with Crippen LogP contribution in [0.3, 0.4) is 0 Å². The molecule has 0 bridgehead atoms. The molecule has 4 nitrogen and oxygen atoms in total. The molecule has 0 saturated carbocycles. The predicted molar refractivity (Wildman–Crippen MR) is 83.5 cm³/mol. The summed E-state index contributed by atoms with van der Waals surface area (Å²) >= 11 is 6.39. The van der Waals surface area contributed by atoms with Crippen LogP contribution in [0.15, 0.2) is 12.3 Å². The molecule has 1 fully saturated rings. The van der Waals surface area contributed by atoms with Gasteiger partial charge in [0.25, 0.3) is 0 Å². The Kier molecular flexibility index (Phi) is 6.07. The first kappa shape index (κ1) is 15.5. The van der Waals surface area contributed by atoms with Gasteiger partial charge in [0.05, 0.1) is 5.02 Å². The molecule has 0 aromatic carbocycles. The second-order valence-corrected chi connectivity index (χ2v) is 5.69. The van der Waals surface area contributed by atoms with E-state index in [0.717, 1.165) is 62.0 Å². The number of pyridine rings is 1. The van der Waals surface area contributed by atoms with Crippen molar-refractivity contribution in [1.29, 1.82) is 0 Å². The minimum atomic E-state index is 0.470. The first-order valence-corrected chi connectivity index (χ1v) is 7.76. The third-order valence-electron chi connectivity index (χ3n) is 3.71. The van der Waals surface area contributed by atoms with E-state index in [4.69, 9.17) is 16.3 Å². The van der Waals surface area contributed by atoms with Gasteiger partial charge in [-0.2, -0.15) is 0 Å². The highest BCUT2D eigenvalue weighted by atomic mass is 35.5. The molecule has 0 unspecified atom stereocenters. The van der Waals surface area contributed by atoms with Gasteiger partial charge in [0, 0.05) is 39.0 Å². The molecule has 1 saturated heterocycles. The van der Waals surface area contributed by atoms with Gasteiger partial charge in [0.1, 0.15) is 5.82 Å². The van der Waals surface area contributed by atoms with E-state index in [1.165, 1.54) is 0 Å². The first-order valence-electron chi connectivity index (χ1n) is 7.38. The normalized spacial score (nSPS) is 16.4. The van der Waals surface area contributed by atoms with Gasteiger partial charge >= 0.3 is 0 Å². The van der Waals surface area contributed by atoms with Crippen LogP contribution in [0.2, 0.25) is 5.02 Å². The van der Waals surface area contributed by atoms with Crippen LogP contribution in [0.25, 0.3) is 0 Å². The van der Waals surface area contributed by atoms with Gasteiger partial charge in [-0.25, -0.2) is 4.98 Å². The molecule has 0 aliphatic carbocycles. The topological polar surface area (TPSA) is 37.4 Å². The van der Waals surface area contributed by atoms with Crippen LogP contribution in [0.1, 0.15) is 31.7 Å². The summed E-state index contributed by atoms with van der Waals surface area (Å²) in [6.07, 6.45) is 5.12. The molecule has 2 rings (SSSR count). The molecule has 5 heteroatoms. The summed E-state index contributed by atoms with van der Waals surface area (Å²) in [5.74, 6) is 0.873. The highest BCUT2D eigenvalue weighted by Crippen LogP contribution is 2.27. The molecule has 0 spiro atoms. The van der Waals surface area contributed by atoms with E-state index < -0.39 is 0 Å². The molecular weight excluding hydrogens is 274 g/mol. The summed E-state index contributed by atoms with van der Waals surface area (Å²) < 4.78 is 5.40. The molecule has 1 aromatic heterocycles. The Morgan fingerprint density at radius 1 is 1.45 bits per heavy atom. The van der Waals surface area contributed by atoms with Gasteiger partial charge in [-0.1, -0.05) is 18.5 Å².